The largest absolute Gasteiger partial charge is 0.301 e. The van der Waals surface area contributed by atoms with Crippen LogP contribution in [0.3, 0.4) is 0 Å². The minimum atomic E-state index is -0.195. The van der Waals surface area contributed by atoms with Gasteiger partial charge in [-0.15, -0.1) is 11.3 Å². The molecule has 0 aliphatic heterocycles. The lowest BCUT2D eigenvalue weighted by Gasteiger charge is -2.15. The topological polar surface area (TPSA) is 54.9 Å². The maximum Gasteiger partial charge on any atom is 0.239 e. The van der Waals surface area contributed by atoms with Crippen LogP contribution in [0.15, 0.2) is 34.8 Å². The Morgan fingerprint density at radius 2 is 2.04 bits per heavy atom. The highest BCUT2D eigenvalue weighted by Gasteiger charge is 2.20. The van der Waals surface area contributed by atoms with Gasteiger partial charge in [-0.3, -0.25) is 4.79 Å². The Morgan fingerprint density at radius 3 is 2.72 bits per heavy atom. The van der Waals surface area contributed by atoms with Crippen molar-refractivity contribution in [3.05, 3.63) is 46.5 Å². The van der Waals surface area contributed by atoms with Gasteiger partial charge in [0.05, 0.1) is 15.8 Å². The van der Waals surface area contributed by atoms with Gasteiger partial charge >= 0.3 is 0 Å². The average molecular weight is 372 g/mol. The lowest BCUT2D eigenvalue weighted by Crippen LogP contribution is -2.24. The lowest BCUT2D eigenvalue weighted by atomic mass is 10.0. The first-order valence-electron chi connectivity index (χ1n) is 8.23. The fraction of sp³-hybridized carbons (Fsp3) is 0.316. The zero-order chi connectivity index (χ0) is 18.0. The number of hydrogen-bond donors (Lipinski definition) is 1. The summed E-state index contributed by atoms with van der Waals surface area (Å²) in [5.74, 6) is -0.0253. The van der Waals surface area contributed by atoms with Crippen LogP contribution in [0.2, 0.25) is 0 Å². The zero-order valence-electron chi connectivity index (χ0n) is 14.8. The van der Waals surface area contributed by atoms with Crippen LogP contribution in [0.5, 0.6) is 0 Å². The van der Waals surface area contributed by atoms with Crippen molar-refractivity contribution in [2.45, 2.75) is 44.4 Å². The molecule has 1 amide bonds. The molecule has 0 saturated carbocycles. The molecule has 1 atom stereocenters. The van der Waals surface area contributed by atoms with E-state index in [0.717, 1.165) is 17.0 Å². The Balaban J connectivity index is 1.86. The van der Waals surface area contributed by atoms with Crippen LogP contribution < -0.4 is 5.32 Å². The monoisotopic (exact) mass is 371 g/mol. The van der Waals surface area contributed by atoms with Gasteiger partial charge in [0.15, 0.2) is 5.13 Å². The molecule has 25 heavy (non-hydrogen) atoms. The molecule has 0 fully saturated rings. The van der Waals surface area contributed by atoms with E-state index >= 15 is 0 Å². The normalized spacial score (nSPS) is 12.3. The molecule has 1 N–H and O–H groups in total. The molecule has 2 aromatic heterocycles. The second-order valence-corrected chi connectivity index (χ2v) is 8.21. The van der Waals surface area contributed by atoms with E-state index in [2.05, 4.69) is 49.3 Å². The summed E-state index contributed by atoms with van der Waals surface area (Å²) >= 11 is 2.94. The smallest absolute Gasteiger partial charge is 0.239 e. The lowest BCUT2D eigenvalue weighted by molar-refractivity contribution is -0.115. The van der Waals surface area contributed by atoms with E-state index in [9.17, 15) is 4.79 Å². The third-order valence-corrected chi connectivity index (χ3v) is 5.99. The van der Waals surface area contributed by atoms with Gasteiger partial charge in [-0.05, 0) is 50.5 Å². The van der Waals surface area contributed by atoms with E-state index < -0.39 is 0 Å². The van der Waals surface area contributed by atoms with E-state index in [4.69, 9.17) is 4.98 Å². The van der Waals surface area contributed by atoms with Crippen LogP contribution in [-0.2, 0) is 4.79 Å². The molecular formula is C19H21N3OS2. The Hall–Kier alpha value is -1.92. The number of anilines is 1. The number of aryl methyl sites for hydroxylation is 3. The van der Waals surface area contributed by atoms with E-state index in [-0.39, 0.29) is 11.2 Å². The summed E-state index contributed by atoms with van der Waals surface area (Å²) in [7, 11) is 0. The maximum atomic E-state index is 12.5. The van der Waals surface area contributed by atoms with Gasteiger partial charge in [-0.2, -0.15) is 0 Å². The Bertz CT molecular complexity index is 907. The first-order chi connectivity index (χ1) is 12.0. The van der Waals surface area contributed by atoms with Crippen molar-refractivity contribution in [3.8, 4) is 0 Å². The average Bonchev–Trinajstić information content (AvgIpc) is 3.06. The Kier molecular flexibility index (Phi) is 5.39. The molecule has 130 valence electrons. The van der Waals surface area contributed by atoms with E-state index in [0.29, 0.717) is 5.13 Å². The summed E-state index contributed by atoms with van der Waals surface area (Å²) < 4.78 is 0. The van der Waals surface area contributed by atoms with Gasteiger partial charge in [0.25, 0.3) is 0 Å². The van der Waals surface area contributed by atoms with Crippen LogP contribution in [0.4, 0.5) is 5.13 Å². The number of rotatable bonds is 5. The van der Waals surface area contributed by atoms with E-state index in [1.165, 1.54) is 45.2 Å². The van der Waals surface area contributed by atoms with Crippen molar-refractivity contribution >= 4 is 45.0 Å². The third-order valence-electron chi connectivity index (χ3n) is 4.02. The molecule has 0 radical (unpaired) electrons. The number of nitrogens with zero attached hydrogens (tertiary/aromatic N) is 2. The number of hydrogen-bond acceptors (Lipinski definition) is 5. The number of pyridine rings is 1. The van der Waals surface area contributed by atoms with Crippen LogP contribution >= 0.6 is 23.1 Å². The Labute approximate surface area is 156 Å². The molecule has 0 bridgehead atoms. The molecule has 3 aromatic rings. The van der Waals surface area contributed by atoms with E-state index in [1.54, 1.807) is 6.20 Å². The van der Waals surface area contributed by atoms with Crippen molar-refractivity contribution in [1.82, 2.24) is 9.97 Å². The SMILES string of the molecule is CCC(Sc1cc(C)c2cc(C)cc(C)c2n1)C(=O)Nc1nccs1. The number of thioether (sulfide) groups is 1. The molecule has 2 heterocycles. The summed E-state index contributed by atoms with van der Waals surface area (Å²) in [5, 5.41) is 7.24. The molecule has 1 unspecified atom stereocenters. The number of carbonyl (C=O) groups is 1. The molecule has 0 aliphatic carbocycles. The fourth-order valence-corrected chi connectivity index (χ4v) is 4.36. The molecule has 1 aromatic carbocycles. The molecule has 0 aliphatic rings. The fourth-order valence-electron chi connectivity index (χ4n) is 2.81. The van der Waals surface area contributed by atoms with Gasteiger partial charge in [-0.25, -0.2) is 9.97 Å². The van der Waals surface area contributed by atoms with Gasteiger partial charge in [0, 0.05) is 17.0 Å². The summed E-state index contributed by atoms with van der Waals surface area (Å²) in [5.41, 5.74) is 4.61. The summed E-state index contributed by atoms with van der Waals surface area (Å²) in [4.78, 5) is 21.4. The molecule has 0 saturated heterocycles. The number of fused-ring (bicyclic) bond motifs is 1. The van der Waals surface area contributed by atoms with Crippen LogP contribution in [0.25, 0.3) is 10.9 Å². The summed E-state index contributed by atoms with van der Waals surface area (Å²) in [6, 6.07) is 6.40. The second kappa shape index (κ2) is 7.54. The Morgan fingerprint density at radius 1 is 1.24 bits per heavy atom. The standard InChI is InChI=1S/C19H21N3OS2/c1-5-15(18(23)22-19-20-6-7-24-19)25-16-10-12(3)14-9-11(2)8-13(4)17(14)21-16/h6-10,15H,5H2,1-4H3,(H,20,22,23). The molecule has 6 heteroatoms. The minimum Gasteiger partial charge on any atom is -0.301 e. The number of thiazole rings is 1. The minimum absolute atomic E-state index is 0.0253. The maximum absolute atomic E-state index is 12.5. The molecule has 4 nitrogen and oxygen atoms in total. The first kappa shape index (κ1) is 17.9. The highest BCUT2D eigenvalue weighted by molar-refractivity contribution is 8.00. The highest BCUT2D eigenvalue weighted by Crippen LogP contribution is 2.30. The van der Waals surface area contributed by atoms with Crippen molar-refractivity contribution < 1.29 is 4.79 Å². The van der Waals surface area contributed by atoms with Crippen molar-refractivity contribution in [2.75, 3.05) is 5.32 Å². The first-order valence-corrected chi connectivity index (χ1v) is 9.99. The predicted molar refractivity (Wildman–Crippen MR) is 107 cm³/mol. The van der Waals surface area contributed by atoms with Crippen molar-refractivity contribution in [2.24, 2.45) is 0 Å². The van der Waals surface area contributed by atoms with Crippen molar-refractivity contribution in [1.29, 1.82) is 0 Å². The van der Waals surface area contributed by atoms with Crippen LogP contribution in [-0.4, -0.2) is 21.1 Å². The quantitative estimate of drug-likeness (QED) is 0.632. The number of nitrogens with one attached hydrogen (secondary N) is 1. The summed E-state index contributed by atoms with van der Waals surface area (Å²) in [6.45, 7) is 8.30. The number of aromatic nitrogens is 2. The third kappa shape index (κ3) is 4.02. The van der Waals surface area contributed by atoms with Gasteiger partial charge in [0.2, 0.25) is 5.91 Å². The van der Waals surface area contributed by atoms with Crippen LogP contribution in [0, 0.1) is 20.8 Å². The molecule has 3 rings (SSSR count). The van der Waals surface area contributed by atoms with Crippen LogP contribution in [0.1, 0.15) is 30.0 Å². The van der Waals surface area contributed by atoms with Gasteiger partial charge in [-0.1, -0.05) is 30.3 Å². The van der Waals surface area contributed by atoms with Crippen molar-refractivity contribution in [3.63, 3.8) is 0 Å². The number of amides is 1. The number of carbonyl (C=O) groups excluding carboxylic acids is 1. The van der Waals surface area contributed by atoms with Gasteiger partial charge in [0.1, 0.15) is 0 Å². The molecule has 0 spiro atoms. The predicted octanol–water partition coefficient (Wildman–Crippen LogP) is 5.13. The highest BCUT2D eigenvalue weighted by atomic mass is 32.2. The number of benzene rings is 1. The molecular weight excluding hydrogens is 350 g/mol. The zero-order valence-corrected chi connectivity index (χ0v) is 16.4. The van der Waals surface area contributed by atoms with Gasteiger partial charge < -0.3 is 5.32 Å². The van der Waals surface area contributed by atoms with E-state index in [1.807, 2.05) is 12.3 Å². The summed E-state index contributed by atoms with van der Waals surface area (Å²) in [6.07, 6.45) is 2.42. The second-order valence-electron chi connectivity index (χ2n) is 6.10.